The predicted molar refractivity (Wildman–Crippen MR) is 57.7 cm³/mol. The number of ether oxygens (including phenoxy) is 1. The highest BCUT2D eigenvalue weighted by Gasteiger charge is 2.00. The van der Waals surface area contributed by atoms with Crippen LogP contribution in [0.1, 0.15) is 0 Å². The smallest absolute Gasteiger partial charge is 0.132 e. The molecule has 0 fully saturated rings. The molecule has 5 heteroatoms. The van der Waals surface area contributed by atoms with Gasteiger partial charge in [-0.25, -0.2) is 0 Å². The summed E-state index contributed by atoms with van der Waals surface area (Å²) in [5.41, 5.74) is 8.09. The molecule has 0 spiro atoms. The van der Waals surface area contributed by atoms with Crippen molar-refractivity contribution in [1.29, 1.82) is 0 Å². The van der Waals surface area contributed by atoms with Crippen LogP contribution in [-0.4, -0.2) is 19.4 Å². The van der Waals surface area contributed by atoms with Crippen LogP contribution < -0.4 is 4.74 Å². The molecule has 0 aliphatic rings. The van der Waals surface area contributed by atoms with E-state index in [9.17, 15) is 0 Å². The molecule has 4 nitrogen and oxygen atoms in total. The number of benzene rings is 1. The normalized spacial score (nSPS) is 9.21. The molecule has 14 heavy (non-hydrogen) atoms. The number of thioether (sulfide) groups is 1. The van der Waals surface area contributed by atoms with Crippen LogP contribution in [-0.2, 0) is 0 Å². The lowest BCUT2D eigenvalue weighted by Crippen LogP contribution is -1.88. The second-order valence-electron chi connectivity index (χ2n) is 2.45. The molecule has 0 saturated carbocycles. The topological polar surface area (TPSA) is 58.0 Å². The van der Waals surface area contributed by atoms with Crippen molar-refractivity contribution in [3.05, 3.63) is 34.7 Å². The Labute approximate surface area is 86.9 Å². The Hall–Kier alpha value is -1.32. The van der Waals surface area contributed by atoms with E-state index in [2.05, 4.69) is 10.0 Å². The molecule has 0 atom stereocenters. The van der Waals surface area contributed by atoms with Gasteiger partial charge in [-0.1, -0.05) is 17.2 Å². The standard InChI is InChI=1S/C9H11N3OS/c1-13-8-4-2-3-5-9(8)14-7-6-11-12-10/h2-5H,6-7H2,1H3. The molecule has 1 aromatic carbocycles. The summed E-state index contributed by atoms with van der Waals surface area (Å²) in [6.07, 6.45) is 0. The van der Waals surface area contributed by atoms with Crippen LogP contribution in [0.4, 0.5) is 0 Å². The van der Waals surface area contributed by atoms with Crippen molar-refractivity contribution in [2.75, 3.05) is 19.4 Å². The van der Waals surface area contributed by atoms with E-state index in [0.29, 0.717) is 6.54 Å². The van der Waals surface area contributed by atoms with Crippen LogP contribution in [0.15, 0.2) is 34.3 Å². The third kappa shape index (κ3) is 3.20. The summed E-state index contributed by atoms with van der Waals surface area (Å²) in [7, 11) is 1.65. The van der Waals surface area contributed by atoms with Crippen molar-refractivity contribution in [1.82, 2.24) is 0 Å². The van der Waals surface area contributed by atoms with Gasteiger partial charge in [-0.05, 0) is 17.7 Å². The number of hydrogen-bond donors (Lipinski definition) is 0. The molecular weight excluding hydrogens is 198 g/mol. The van der Waals surface area contributed by atoms with Gasteiger partial charge >= 0.3 is 0 Å². The van der Waals surface area contributed by atoms with Crippen LogP contribution in [0.3, 0.4) is 0 Å². The molecule has 0 aliphatic carbocycles. The van der Waals surface area contributed by atoms with Gasteiger partial charge in [-0.3, -0.25) is 0 Å². The van der Waals surface area contributed by atoms with E-state index in [4.69, 9.17) is 10.3 Å². The zero-order valence-corrected chi connectivity index (χ0v) is 8.70. The molecule has 0 heterocycles. The monoisotopic (exact) mass is 209 g/mol. The number of azide groups is 1. The van der Waals surface area contributed by atoms with E-state index in [1.54, 1.807) is 18.9 Å². The van der Waals surface area contributed by atoms with Crippen LogP contribution >= 0.6 is 11.8 Å². The molecule has 0 bridgehead atoms. The fourth-order valence-corrected chi connectivity index (χ4v) is 1.84. The summed E-state index contributed by atoms with van der Waals surface area (Å²) >= 11 is 1.62. The second-order valence-corrected chi connectivity index (χ2v) is 3.59. The number of rotatable bonds is 5. The summed E-state index contributed by atoms with van der Waals surface area (Å²) in [4.78, 5) is 3.76. The lowest BCUT2D eigenvalue weighted by atomic mass is 10.3. The fraction of sp³-hybridized carbons (Fsp3) is 0.333. The highest BCUT2D eigenvalue weighted by Crippen LogP contribution is 2.28. The fourth-order valence-electron chi connectivity index (χ4n) is 0.979. The van der Waals surface area contributed by atoms with E-state index in [1.807, 2.05) is 24.3 Å². The third-order valence-corrected chi connectivity index (χ3v) is 2.62. The molecular formula is C9H11N3OS. The Balaban J connectivity index is 2.52. The van der Waals surface area contributed by atoms with Gasteiger partial charge in [0.05, 0.1) is 7.11 Å². The molecule has 1 aromatic rings. The number of para-hydroxylation sites is 1. The molecule has 1 rings (SSSR count). The zero-order valence-electron chi connectivity index (χ0n) is 7.88. The third-order valence-electron chi connectivity index (χ3n) is 1.58. The van der Waals surface area contributed by atoms with Gasteiger partial charge in [-0.15, -0.1) is 11.8 Å². The minimum absolute atomic E-state index is 0.499. The highest BCUT2D eigenvalue weighted by atomic mass is 32.2. The lowest BCUT2D eigenvalue weighted by molar-refractivity contribution is 0.405. The largest absolute Gasteiger partial charge is 0.496 e. The van der Waals surface area contributed by atoms with Gasteiger partial charge in [0, 0.05) is 22.1 Å². The van der Waals surface area contributed by atoms with E-state index < -0.39 is 0 Å². The average Bonchev–Trinajstić information content (AvgIpc) is 2.25. The molecule has 0 aromatic heterocycles. The minimum atomic E-state index is 0.499. The summed E-state index contributed by atoms with van der Waals surface area (Å²) in [6, 6.07) is 7.78. The molecule has 74 valence electrons. The number of hydrogen-bond acceptors (Lipinski definition) is 3. The first kappa shape index (κ1) is 10.8. The van der Waals surface area contributed by atoms with E-state index in [0.717, 1.165) is 16.4 Å². The zero-order chi connectivity index (χ0) is 10.2. The Morgan fingerprint density at radius 1 is 1.50 bits per heavy atom. The average molecular weight is 209 g/mol. The van der Waals surface area contributed by atoms with E-state index >= 15 is 0 Å². The maximum absolute atomic E-state index is 8.09. The first-order valence-electron chi connectivity index (χ1n) is 4.15. The van der Waals surface area contributed by atoms with Crippen LogP contribution in [0, 0.1) is 0 Å². The summed E-state index contributed by atoms with van der Waals surface area (Å²) in [5.74, 6) is 1.63. The first-order chi connectivity index (χ1) is 6.88. The molecule has 0 aliphatic heterocycles. The van der Waals surface area contributed by atoms with Crippen LogP contribution in [0.2, 0.25) is 0 Å². The molecule has 0 unspecified atom stereocenters. The molecule has 0 amide bonds. The summed E-state index contributed by atoms with van der Waals surface area (Å²) in [6.45, 7) is 0.499. The first-order valence-corrected chi connectivity index (χ1v) is 5.13. The van der Waals surface area contributed by atoms with Gasteiger partial charge in [0.15, 0.2) is 0 Å². The highest BCUT2D eigenvalue weighted by molar-refractivity contribution is 7.99. The van der Waals surface area contributed by atoms with Gasteiger partial charge in [0.25, 0.3) is 0 Å². The predicted octanol–water partition coefficient (Wildman–Crippen LogP) is 3.10. The van der Waals surface area contributed by atoms with Gasteiger partial charge < -0.3 is 4.74 Å². The van der Waals surface area contributed by atoms with E-state index in [1.165, 1.54) is 0 Å². The van der Waals surface area contributed by atoms with E-state index in [-0.39, 0.29) is 0 Å². The quantitative estimate of drug-likeness (QED) is 0.246. The lowest BCUT2D eigenvalue weighted by Gasteiger charge is -2.05. The summed E-state index contributed by atoms with van der Waals surface area (Å²) < 4.78 is 5.18. The molecule has 0 saturated heterocycles. The number of nitrogens with zero attached hydrogens (tertiary/aromatic N) is 3. The second kappa shape index (κ2) is 6.18. The van der Waals surface area contributed by atoms with Crippen LogP contribution in [0.25, 0.3) is 10.4 Å². The van der Waals surface area contributed by atoms with Gasteiger partial charge in [0.1, 0.15) is 5.75 Å². The Bertz CT molecular complexity index is 337. The molecule has 0 N–H and O–H groups in total. The maximum atomic E-state index is 8.09. The van der Waals surface area contributed by atoms with Gasteiger partial charge in [0.2, 0.25) is 0 Å². The van der Waals surface area contributed by atoms with Crippen molar-refractivity contribution in [2.45, 2.75) is 4.90 Å². The summed E-state index contributed by atoms with van der Waals surface area (Å²) in [5, 5.41) is 3.46. The van der Waals surface area contributed by atoms with Crippen molar-refractivity contribution in [2.24, 2.45) is 5.11 Å². The minimum Gasteiger partial charge on any atom is -0.496 e. The molecule has 0 radical (unpaired) electrons. The van der Waals surface area contributed by atoms with Gasteiger partial charge in [-0.2, -0.15) is 0 Å². The SMILES string of the molecule is COc1ccccc1SCCN=[N+]=[N-]. The maximum Gasteiger partial charge on any atom is 0.132 e. The van der Waals surface area contributed by atoms with Crippen molar-refractivity contribution >= 4 is 11.8 Å². The Morgan fingerprint density at radius 3 is 3.00 bits per heavy atom. The van der Waals surface area contributed by atoms with Crippen molar-refractivity contribution < 1.29 is 4.74 Å². The van der Waals surface area contributed by atoms with Crippen molar-refractivity contribution in [3.8, 4) is 5.75 Å². The van der Waals surface area contributed by atoms with Crippen molar-refractivity contribution in [3.63, 3.8) is 0 Å². The Kier molecular flexibility index (Phi) is 4.75. The number of methoxy groups -OCH3 is 1. The Morgan fingerprint density at radius 2 is 2.29 bits per heavy atom. The van der Waals surface area contributed by atoms with Crippen LogP contribution in [0.5, 0.6) is 5.75 Å².